The van der Waals surface area contributed by atoms with E-state index in [-0.39, 0.29) is 5.41 Å². The fraction of sp³-hybridized carbons (Fsp3) is 0.900. The highest BCUT2D eigenvalue weighted by Crippen LogP contribution is 2.41. The van der Waals surface area contributed by atoms with E-state index >= 15 is 0 Å². The third kappa shape index (κ3) is 2.72. The zero-order chi connectivity index (χ0) is 11.0. The lowest BCUT2D eigenvalue weighted by Gasteiger charge is -2.34. The van der Waals surface area contributed by atoms with E-state index in [1.54, 1.807) is 0 Å². The molecule has 0 aromatic heterocycles. The van der Waals surface area contributed by atoms with Crippen molar-refractivity contribution in [1.82, 2.24) is 0 Å². The smallest absolute Gasteiger partial charge is 0.289 e. The van der Waals surface area contributed by atoms with E-state index in [1.165, 1.54) is 0 Å². The van der Waals surface area contributed by atoms with Crippen LogP contribution in [0.2, 0.25) is 0 Å². The van der Waals surface area contributed by atoms with Gasteiger partial charge in [0.15, 0.2) is 0 Å². The summed E-state index contributed by atoms with van der Waals surface area (Å²) in [5.41, 5.74) is -0.121. The molecule has 1 aliphatic rings. The Morgan fingerprint density at radius 2 is 1.93 bits per heavy atom. The van der Waals surface area contributed by atoms with Crippen LogP contribution in [-0.4, -0.2) is 12.0 Å². The summed E-state index contributed by atoms with van der Waals surface area (Å²) < 4.78 is 36.4. The van der Waals surface area contributed by atoms with Gasteiger partial charge in [-0.2, -0.15) is 13.2 Å². The fourth-order valence-corrected chi connectivity index (χ4v) is 2.15. The Labute approximate surface area is 81.7 Å². The van der Waals surface area contributed by atoms with Crippen LogP contribution >= 0.6 is 0 Å². The standard InChI is InChI=1S/C10H15F3O/c1-9(2)5-3-4-7(6-9)8(14)10(11,12)13/h7H,3-6H2,1-2H3. The van der Waals surface area contributed by atoms with Gasteiger partial charge >= 0.3 is 6.18 Å². The number of hydrogen-bond acceptors (Lipinski definition) is 1. The molecule has 1 rings (SSSR count). The van der Waals surface area contributed by atoms with Gasteiger partial charge in [-0.25, -0.2) is 0 Å². The van der Waals surface area contributed by atoms with E-state index in [1.807, 2.05) is 13.8 Å². The Kier molecular flexibility index (Phi) is 2.93. The van der Waals surface area contributed by atoms with Crippen LogP contribution in [0.15, 0.2) is 0 Å². The second-order valence-corrected chi connectivity index (χ2v) is 4.82. The molecule has 0 aromatic rings. The highest BCUT2D eigenvalue weighted by Gasteiger charge is 2.45. The van der Waals surface area contributed by atoms with E-state index in [9.17, 15) is 18.0 Å². The summed E-state index contributed by atoms with van der Waals surface area (Å²) in [6, 6.07) is 0. The number of rotatable bonds is 1. The lowest BCUT2D eigenvalue weighted by molar-refractivity contribution is -0.177. The third-order valence-electron chi connectivity index (χ3n) is 2.86. The van der Waals surface area contributed by atoms with E-state index in [4.69, 9.17) is 0 Å². The van der Waals surface area contributed by atoms with Gasteiger partial charge in [-0.1, -0.05) is 20.3 Å². The lowest BCUT2D eigenvalue weighted by Crippen LogP contribution is -2.35. The molecule has 0 aromatic carbocycles. The monoisotopic (exact) mass is 208 g/mol. The first-order chi connectivity index (χ1) is 6.22. The second-order valence-electron chi connectivity index (χ2n) is 4.82. The molecule has 82 valence electrons. The number of ketones is 1. The molecule has 0 heterocycles. The van der Waals surface area contributed by atoms with Crippen molar-refractivity contribution in [2.45, 2.75) is 45.7 Å². The van der Waals surface area contributed by atoms with Crippen LogP contribution in [0.3, 0.4) is 0 Å². The van der Waals surface area contributed by atoms with Gasteiger partial charge in [0.05, 0.1) is 0 Å². The van der Waals surface area contributed by atoms with E-state index in [0.717, 1.165) is 12.8 Å². The molecule has 14 heavy (non-hydrogen) atoms. The Bertz CT molecular complexity index is 230. The summed E-state index contributed by atoms with van der Waals surface area (Å²) in [5, 5.41) is 0. The number of Topliss-reactive ketones (excluding diaryl/α,β-unsaturated/α-hetero) is 1. The Balaban J connectivity index is 2.66. The van der Waals surface area contributed by atoms with Gasteiger partial charge in [-0.3, -0.25) is 4.79 Å². The number of halogens is 3. The minimum atomic E-state index is -4.65. The quantitative estimate of drug-likeness (QED) is 0.646. The van der Waals surface area contributed by atoms with E-state index in [2.05, 4.69) is 0 Å². The molecule has 0 N–H and O–H groups in total. The van der Waals surface area contributed by atoms with Gasteiger partial charge in [0.2, 0.25) is 5.78 Å². The minimum absolute atomic E-state index is 0.121. The molecule has 0 amide bonds. The molecule has 0 aliphatic heterocycles. The fourth-order valence-electron chi connectivity index (χ4n) is 2.15. The molecule has 1 fully saturated rings. The molecule has 1 atom stereocenters. The number of carbonyl (C=O) groups excluding carboxylic acids is 1. The summed E-state index contributed by atoms with van der Waals surface area (Å²) in [6.07, 6.45) is -2.26. The van der Waals surface area contributed by atoms with Crippen molar-refractivity contribution in [3.63, 3.8) is 0 Å². The van der Waals surface area contributed by atoms with Crippen LogP contribution in [0.5, 0.6) is 0 Å². The van der Waals surface area contributed by atoms with Crippen molar-refractivity contribution >= 4 is 5.78 Å². The van der Waals surface area contributed by atoms with Crippen molar-refractivity contribution in [2.24, 2.45) is 11.3 Å². The number of alkyl halides is 3. The molecule has 0 saturated heterocycles. The molecule has 4 heteroatoms. The predicted molar refractivity (Wildman–Crippen MR) is 46.8 cm³/mol. The molecule has 0 bridgehead atoms. The maximum absolute atomic E-state index is 12.1. The number of hydrogen-bond donors (Lipinski definition) is 0. The van der Waals surface area contributed by atoms with Crippen LogP contribution in [-0.2, 0) is 4.79 Å². The highest BCUT2D eigenvalue weighted by molar-refractivity contribution is 5.86. The van der Waals surface area contributed by atoms with Crippen molar-refractivity contribution in [3.05, 3.63) is 0 Å². The van der Waals surface area contributed by atoms with Gasteiger partial charge in [-0.05, 0) is 24.7 Å². The van der Waals surface area contributed by atoms with Crippen molar-refractivity contribution < 1.29 is 18.0 Å². The lowest BCUT2D eigenvalue weighted by atomic mass is 9.71. The molecule has 1 nitrogen and oxygen atoms in total. The van der Waals surface area contributed by atoms with E-state index < -0.39 is 17.9 Å². The largest absolute Gasteiger partial charge is 0.450 e. The predicted octanol–water partition coefficient (Wildman–Crippen LogP) is 3.33. The summed E-state index contributed by atoms with van der Waals surface area (Å²) in [7, 11) is 0. The molecular weight excluding hydrogens is 193 g/mol. The first-order valence-electron chi connectivity index (χ1n) is 4.83. The van der Waals surface area contributed by atoms with Crippen molar-refractivity contribution in [3.8, 4) is 0 Å². The molecule has 0 spiro atoms. The zero-order valence-corrected chi connectivity index (χ0v) is 8.45. The highest BCUT2D eigenvalue weighted by atomic mass is 19.4. The Morgan fingerprint density at radius 1 is 1.36 bits per heavy atom. The average Bonchev–Trinajstić information content (AvgIpc) is 1.99. The average molecular weight is 208 g/mol. The summed E-state index contributed by atoms with van der Waals surface area (Å²) in [5.74, 6) is -2.34. The van der Waals surface area contributed by atoms with Crippen LogP contribution in [0.4, 0.5) is 13.2 Å². The summed E-state index contributed by atoms with van der Waals surface area (Å²) in [4.78, 5) is 11.0. The van der Waals surface area contributed by atoms with E-state index in [0.29, 0.717) is 12.8 Å². The van der Waals surface area contributed by atoms with Crippen molar-refractivity contribution in [2.75, 3.05) is 0 Å². The normalized spacial score (nSPS) is 27.4. The Morgan fingerprint density at radius 3 is 2.36 bits per heavy atom. The molecule has 0 radical (unpaired) electrons. The SMILES string of the molecule is CC1(C)CCCC(C(=O)C(F)(F)F)C1. The summed E-state index contributed by atoms with van der Waals surface area (Å²) >= 11 is 0. The molecule has 1 saturated carbocycles. The second kappa shape index (κ2) is 3.55. The van der Waals surface area contributed by atoms with Crippen molar-refractivity contribution in [1.29, 1.82) is 0 Å². The first kappa shape index (κ1) is 11.5. The maximum Gasteiger partial charge on any atom is 0.450 e. The topological polar surface area (TPSA) is 17.1 Å². The van der Waals surface area contributed by atoms with Crippen LogP contribution in [0.25, 0.3) is 0 Å². The van der Waals surface area contributed by atoms with Crippen LogP contribution in [0.1, 0.15) is 39.5 Å². The first-order valence-corrected chi connectivity index (χ1v) is 4.83. The zero-order valence-electron chi connectivity index (χ0n) is 8.45. The molecular formula is C10H15F3O. The summed E-state index contributed by atoms with van der Waals surface area (Å²) in [6.45, 7) is 3.84. The maximum atomic E-state index is 12.1. The van der Waals surface area contributed by atoms with Gasteiger partial charge in [-0.15, -0.1) is 0 Å². The molecule has 1 unspecified atom stereocenters. The van der Waals surface area contributed by atoms with Gasteiger partial charge < -0.3 is 0 Å². The van der Waals surface area contributed by atoms with Crippen LogP contribution in [0, 0.1) is 11.3 Å². The Hall–Kier alpha value is -0.540. The molecule has 1 aliphatic carbocycles. The van der Waals surface area contributed by atoms with Gasteiger partial charge in [0.1, 0.15) is 0 Å². The minimum Gasteiger partial charge on any atom is -0.289 e. The third-order valence-corrected chi connectivity index (χ3v) is 2.86. The van der Waals surface area contributed by atoms with Gasteiger partial charge in [0.25, 0.3) is 0 Å². The van der Waals surface area contributed by atoms with Crippen LogP contribution < -0.4 is 0 Å². The van der Waals surface area contributed by atoms with Gasteiger partial charge in [0, 0.05) is 5.92 Å². The number of carbonyl (C=O) groups is 1.